The van der Waals surface area contributed by atoms with Gasteiger partial charge in [0.15, 0.2) is 0 Å². The molecule has 1 aromatic heterocycles. The van der Waals surface area contributed by atoms with Crippen LogP contribution in [0, 0.1) is 0 Å². The van der Waals surface area contributed by atoms with Crippen molar-refractivity contribution in [2.45, 2.75) is 19.3 Å². The van der Waals surface area contributed by atoms with Gasteiger partial charge in [-0.2, -0.15) is 5.10 Å². The maximum absolute atomic E-state index is 12.5. The van der Waals surface area contributed by atoms with Crippen LogP contribution in [0.5, 0.6) is 0 Å². The number of aromatic nitrogens is 2. The summed E-state index contributed by atoms with van der Waals surface area (Å²) < 4.78 is 1.80. The highest BCUT2D eigenvalue weighted by Crippen LogP contribution is 2.28. The molecule has 5 nitrogen and oxygen atoms in total. The Bertz CT molecular complexity index is 865. The Kier molecular flexibility index (Phi) is 4.69. The van der Waals surface area contributed by atoms with Crippen LogP contribution in [0.4, 0.5) is 11.4 Å². The molecule has 132 valence electrons. The van der Waals surface area contributed by atoms with Gasteiger partial charge in [-0.3, -0.25) is 4.79 Å². The van der Waals surface area contributed by atoms with Gasteiger partial charge in [-0.1, -0.05) is 24.3 Å². The molecule has 3 aromatic rings. The zero-order valence-corrected chi connectivity index (χ0v) is 14.6. The van der Waals surface area contributed by atoms with Gasteiger partial charge in [-0.15, -0.1) is 0 Å². The van der Waals surface area contributed by atoms with Crippen molar-refractivity contribution in [1.82, 2.24) is 9.78 Å². The van der Waals surface area contributed by atoms with Crippen LogP contribution < -0.4 is 10.2 Å². The molecule has 0 saturated carbocycles. The van der Waals surface area contributed by atoms with E-state index in [-0.39, 0.29) is 5.91 Å². The molecule has 1 N–H and O–H groups in total. The molecule has 0 aliphatic carbocycles. The number of nitrogens with zero attached hydrogens (tertiary/aromatic N) is 3. The zero-order valence-electron chi connectivity index (χ0n) is 14.6. The van der Waals surface area contributed by atoms with Gasteiger partial charge in [-0.05, 0) is 48.7 Å². The number of carbonyl (C=O) groups excluding carboxylic acids is 1. The third-order valence-electron chi connectivity index (χ3n) is 4.69. The van der Waals surface area contributed by atoms with Crippen molar-refractivity contribution in [1.29, 1.82) is 0 Å². The quantitative estimate of drug-likeness (QED) is 0.767. The van der Waals surface area contributed by atoms with E-state index in [4.69, 9.17) is 0 Å². The number of hydrogen-bond donors (Lipinski definition) is 1. The highest BCUT2D eigenvalue weighted by atomic mass is 16.1. The summed E-state index contributed by atoms with van der Waals surface area (Å²) in [7, 11) is 0. The van der Waals surface area contributed by atoms with Crippen LogP contribution >= 0.6 is 0 Å². The lowest BCUT2D eigenvalue weighted by Crippen LogP contribution is -2.21. The van der Waals surface area contributed by atoms with Crippen molar-refractivity contribution in [2.75, 3.05) is 23.3 Å². The van der Waals surface area contributed by atoms with E-state index in [1.54, 1.807) is 10.9 Å². The first-order chi connectivity index (χ1) is 12.8. The minimum Gasteiger partial charge on any atom is -0.370 e. The molecule has 1 fully saturated rings. The van der Waals surface area contributed by atoms with Gasteiger partial charge in [0.25, 0.3) is 0 Å². The summed E-state index contributed by atoms with van der Waals surface area (Å²) in [5.74, 6) is 0.00323. The van der Waals surface area contributed by atoms with E-state index in [0.717, 1.165) is 35.7 Å². The fourth-order valence-corrected chi connectivity index (χ4v) is 3.38. The van der Waals surface area contributed by atoms with Gasteiger partial charge in [0.1, 0.15) is 0 Å². The van der Waals surface area contributed by atoms with E-state index in [1.165, 1.54) is 12.8 Å². The first-order valence-corrected chi connectivity index (χ1v) is 9.02. The normalized spacial score (nSPS) is 13.8. The Balaban J connectivity index is 1.43. The van der Waals surface area contributed by atoms with Gasteiger partial charge in [-0.25, -0.2) is 4.68 Å². The summed E-state index contributed by atoms with van der Waals surface area (Å²) in [6, 6.07) is 17.9. The lowest BCUT2D eigenvalue weighted by atomic mass is 10.1. The fourth-order valence-electron chi connectivity index (χ4n) is 3.38. The summed E-state index contributed by atoms with van der Waals surface area (Å²) in [6.45, 7) is 2.11. The van der Waals surface area contributed by atoms with Crippen molar-refractivity contribution in [2.24, 2.45) is 0 Å². The number of hydrogen-bond acceptors (Lipinski definition) is 3. The van der Waals surface area contributed by atoms with Crippen LogP contribution in [0.25, 0.3) is 5.69 Å². The van der Waals surface area contributed by atoms with Crippen LogP contribution in [-0.2, 0) is 11.2 Å². The second-order valence-electron chi connectivity index (χ2n) is 6.55. The second kappa shape index (κ2) is 7.44. The number of anilines is 2. The number of para-hydroxylation sites is 2. The molecule has 0 atom stereocenters. The fraction of sp³-hybridized carbons (Fsp3) is 0.238. The predicted molar refractivity (Wildman–Crippen MR) is 104 cm³/mol. The smallest absolute Gasteiger partial charge is 0.228 e. The van der Waals surface area contributed by atoms with E-state index < -0.39 is 0 Å². The van der Waals surface area contributed by atoms with Crippen molar-refractivity contribution < 1.29 is 4.79 Å². The Morgan fingerprint density at radius 2 is 1.77 bits per heavy atom. The monoisotopic (exact) mass is 346 g/mol. The Morgan fingerprint density at radius 1 is 1.00 bits per heavy atom. The van der Waals surface area contributed by atoms with Crippen LogP contribution in [0.2, 0.25) is 0 Å². The van der Waals surface area contributed by atoms with Crippen LogP contribution in [0.3, 0.4) is 0 Å². The molecule has 1 aliphatic rings. The molecule has 26 heavy (non-hydrogen) atoms. The highest BCUT2D eigenvalue weighted by Gasteiger charge is 2.16. The van der Waals surface area contributed by atoms with Gasteiger partial charge in [0.05, 0.1) is 23.5 Å². The molecule has 0 bridgehead atoms. The van der Waals surface area contributed by atoms with Gasteiger partial charge < -0.3 is 10.2 Å². The van der Waals surface area contributed by atoms with E-state index in [2.05, 4.69) is 21.4 Å². The molecule has 1 amide bonds. The number of nitrogens with one attached hydrogen (secondary N) is 1. The van der Waals surface area contributed by atoms with Gasteiger partial charge in [0, 0.05) is 25.5 Å². The molecule has 0 spiro atoms. The number of rotatable bonds is 5. The van der Waals surface area contributed by atoms with Crippen LogP contribution in [0.1, 0.15) is 18.4 Å². The van der Waals surface area contributed by atoms with Crippen molar-refractivity contribution in [3.05, 3.63) is 72.6 Å². The molecule has 0 radical (unpaired) electrons. The number of amides is 1. The third kappa shape index (κ3) is 3.61. The lowest BCUT2D eigenvalue weighted by Gasteiger charge is -2.21. The minimum absolute atomic E-state index is 0.00323. The van der Waals surface area contributed by atoms with Crippen molar-refractivity contribution in [3.8, 4) is 5.69 Å². The predicted octanol–water partition coefficient (Wildman–Crippen LogP) is 3.65. The van der Waals surface area contributed by atoms with Gasteiger partial charge in [0.2, 0.25) is 5.91 Å². The Labute approximate surface area is 153 Å². The third-order valence-corrected chi connectivity index (χ3v) is 4.69. The molecule has 5 heteroatoms. The molecular weight excluding hydrogens is 324 g/mol. The van der Waals surface area contributed by atoms with Crippen LogP contribution in [-0.4, -0.2) is 28.8 Å². The van der Waals surface area contributed by atoms with E-state index in [0.29, 0.717) is 6.42 Å². The Hall–Kier alpha value is -3.08. The highest BCUT2D eigenvalue weighted by molar-refractivity contribution is 5.95. The summed E-state index contributed by atoms with van der Waals surface area (Å²) in [4.78, 5) is 14.9. The maximum atomic E-state index is 12.5. The molecule has 0 unspecified atom stereocenters. The van der Waals surface area contributed by atoms with E-state index in [9.17, 15) is 4.79 Å². The minimum atomic E-state index is 0.00323. The first-order valence-electron chi connectivity index (χ1n) is 9.02. The van der Waals surface area contributed by atoms with Crippen molar-refractivity contribution in [3.63, 3.8) is 0 Å². The average molecular weight is 346 g/mol. The average Bonchev–Trinajstić information content (AvgIpc) is 3.37. The number of carbonyl (C=O) groups is 1. The molecule has 2 aromatic carbocycles. The zero-order chi connectivity index (χ0) is 17.8. The number of benzene rings is 2. The van der Waals surface area contributed by atoms with E-state index >= 15 is 0 Å². The van der Waals surface area contributed by atoms with Gasteiger partial charge >= 0.3 is 0 Å². The first kappa shape index (κ1) is 16.4. The summed E-state index contributed by atoms with van der Waals surface area (Å²) in [5.41, 5.74) is 3.98. The maximum Gasteiger partial charge on any atom is 0.228 e. The molecule has 1 aliphatic heterocycles. The largest absolute Gasteiger partial charge is 0.370 e. The molecular formula is C21H22N4O. The molecule has 4 rings (SSSR count). The van der Waals surface area contributed by atoms with E-state index in [1.807, 2.05) is 54.7 Å². The topological polar surface area (TPSA) is 50.2 Å². The Morgan fingerprint density at radius 3 is 2.50 bits per heavy atom. The SMILES string of the molecule is O=C(Cc1ccc(-n2cccn2)cc1)Nc1ccccc1N1CCCC1. The molecule has 1 saturated heterocycles. The second-order valence-corrected chi connectivity index (χ2v) is 6.55. The summed E-state index contributed by atoms with van der Waals surface area (Å²) >= 11 is 0. The molecule has 2 heterocycles. The summed E-state index contributed by atoms with van der Waals surface area (Å²) in [5, 5.41) is 7.29. The summed E-state index contributed by atoms with van der Waals surface area (Å²) in [6.07, 6.45) is 6.43. The van der Waals surface area contributed by atoms with Crippen molar-refractivity contribution >= 4 is 17.3 Å². The van der Waals surface area contributed by atoms with Crippen LogP contribution in [0.15, 0.2) is 67.0 Å². The standard InChI is InChI=1S/C21H22N4O/c26-21(16-17-8-10-18(11-9-17)25-15-5-12-22-25)23-19-6-1-2-7-20(19)24-13-3-4-14-24/h1-2,5-12,15H,3-4,13-14,16H2,(H,23,26). The lowest BCUT2D eigenvalue weighted by molar-refractivity contribution is -0.115.